The number of nitrogens with zero attached hydrogens (tertiary/aromatic N) is 1. The van der Waals surface area contributed by atoms with Crippen LogP contribution in [0, 0.1) is 5.92 Å². The van der Waals surface area contributed by atoms with Crippen LogP contribution in [0.4, 0.5) is 0 Å². The van der Waals surface area contributed by atoms with Crippen molar-refractivity contribution >= 4 is 17.7 Å². The molecule has 0 spiro atoms. The standard InChI is InChI=1S/C14H16N2O4/c17-11-3-1-2-10(8-11)12(14(19)20)16-13(18)9-4-6-15-7-5-9/h4-7,10,12H,1-3,8H2,(H,16,18)(H,19,20)/t10-,12+/m0/s1. The van der Waals surface area contributed by atoms with E-state index in [9.17, 15) is 19.5 Å². The Kier molecular flexibility index (Phi) is 4.45. The van der Waals surface area contributed by atoms with Crippen molar-refractivity contribution in [2.45, 2.75) is 31.7 Å². The molecule has 106 valence electrons. The van der Waals surface area contributed by atoms with Crippen molar-refractivity contribution in [1.29, 1.82) is 0 Å². The van der Waals surface area contributed by atoms with Crippen LogP contribution in [0.25, 0.3) is 0 Å². The molecule has 1 fully saturated rings. The average molecular weight is 276 g/mol. The maximum absolute atomic E-state index is 12.0. The molecular formula is C14H16N2O4. The molecule has 2 rings (SSSR count). The fraction of sp³-hybridized carbons (Fsp3) is 0.429. The van der Waals surface area contributed by atoms with Gasteiger partial charge in [-0.3, -0.25) is 14.6 Å². The van der Waals surface area contributed by atoms with E-state index in [0.29, 0.717) is 24.8 Å². The Morgan fingerprint density at radius 2 is 2.05 bits per heavy atom. The van der Waals surface area contributed by atoms with Gasteiger partial charge in [-0.15, -0.1) is 0 Å². The van der Waals surface area contributed by atoms with Gasteiger partial charge in [0.25, 0.3) is 5.91 Å². The SMILES string of the molecule is O=C1CCC[C@H]([C@@H](NC(=O)c2ccncc2)C(=O)O)C1. The molecule has 0 bridgehead atoms. The molecule has 0 aliphatic heterocycles. The molecular weight excluding hydrogens is 260 g/mol. The van der Waals surface area contributed by atoms with E-state index in [1.807, 2.05) is 0 Å². The number of ketones is 1. The highest BCUT2D eigenvalue weighted by molar-refractivity contribution is 5.96. The lowest BCUT2D eigenvalue weighted by molar-refractivity contribution is -0.141. The Labute approximate surface area is 116 Å². The van der Waals surface area contributed by atoms with Gasteiger partial charge in [0, 0.05) is 30.8 Å². The number of amides is 1. The van der Waals surface area contributed by atoms with Crippen LogP contribution < -0.4 is 5.32 Å². The van der Waals surface area contributed by atoms with Gasteiger partial charge in [0.1, 0.15) is 11.8 Å². The smallest absolute Gasteiger partial charge is 0.326 e. The average Bonchev–Trinajstić information content (AvgIpc) is 2.45. The number of carboxylic acids is 1. The lowest BCUT2D eigenvalue weighted by atomic mass is 9.83. The van der Waals surface area contributed by atoms with Crippen molar-refractivity contribution in [3.8, 4) is 0 Å². The second-order valence-corrected chi connectivity index (χ2v) is 4.92. The number of pyridine rings is 1. The predicted molar refractivity (Wildman–Crippen MR) is 70.1 cm³/mol. The van der Waals surface area contributed by atoms with Crippen LogP contribution in [-0.4, -0.2) is 33.8 Å². The van der Waals surface area contributed by atoms with E-state index in [4.69, 9.17) is 0 Å². The third-order valence-corrected chi connectivity index (χ3v) is 3.49. The van der Waals surface area contributed by atoms with Gasteiger partial charge in [0.05, 0.1) is 0 Å². The van der Waals surface area contributed by atoms with Crippen LogP contribution in [0.5, 0.6) is 0 Å². The Morgan fingerprint density at radius 1 is 1.35 bits per heavy atom. The van der Waals surface area contributed by atoms with Crippen LogP contribution >= 0.6 is 0 Å². The number of carboxylic acid groups (broad SMARTS) is 1. The van der Waals surface area contributed by atoms with E-state index < -0.39 is 17.9 Å². The topological polar surface area (TPSA) is 96.4 Å². The van der Waals surface area contributed by atoms with E-state index in [2.05, 4.69) is 10.3 Å². The molecule has 6 heteroatoms. The first-order valence-corrected chi connectivity index (χ1v) is 6.53. The molecule has 2 N–H and O–H groups in total. The molecule has 6 nitrogen and oxygen atoms in total. The maximum atomic E-state index is 12.0. The predicted octanol–water partition coefficient (Wildman–Crippen LogP) is 1.02. The van der Waals surface area contributed by atoms with Crippen molar-refractivity contribution in [3.05, 3.63) is 30.1 Å². The van der Waals surface area contributed by atoms with E-state index in [-0.39, 0.29) is 18.1 Å². The first-order chi connectivity index (χ1) is 9.58. The quantitative estimate of drug-likeness (QED) is 0.856. The minimum atomic E-state index is -1.10. The fourth-order valence-electron chi connectivity index (χ4n) is 2.45. The largest absolute Gasteiger partial charge is 0.480 e. The zero-order chi connectivity index (χ0) is 14.5. The molecule has 0 unspecified atom stereocenters. The second-order valence-electron chi connectivity index (χ2n) is 4.92. The molecule has 1 aromatic heterocycles. The number of carbonyl (C=O) groups excluding carboxylic acids is 2. The molecule has 2 atom stereocenters. The van der Waals surface area contributed by atoms with Gasteiger partial charge in [0.2, 0.25) is 0 Å². The normalized spacial score (nSPS) is 20.2. The zero-order valence-corrected chi connectivity index (χ0v) is 10.9. The fourth-order valence-corrected chi connectivity index (χ4v) is 2.45. The van der Waals surface area contributed by atoms with Crippen LogP contribution in [-0.2, 0) is 9.59 Å². The van der Waals surface area contributed by atoms with E-state index >= 15 is 0 Å². The van der Waals surface area contributed by atoms with Crippen LogP contribution in [0.2, 0.25) is 0 Å². The monoisotopic (exact) mass is 276 g/mol. The lowest BCUT2D eigenvalue weighted by Gasteiger charge is -2.27. The number of rotatable bonds is 4. The first-order valence-electron chi connectivity index (χ1n) is 6.53. The summed E-state index contributed by atoms with van der Waals surface area (Å²) in [5.74, 6) is -1.84. The summed E-state index contributed by atoms with van der Waals surface area (Å²) >= 11 is 0. The van der Waals surface area contributed by atoms with Gasteiger partial charge in [-0.2, -0.15) is 0 Å². The van der Waals surface area contributed by atoms with Crippen molar-refractivity contribution < 1.29 is 19.5 Å². The summed E-state index contributed by atoms with van der Waals surface area (Å²) in [6.45, 7) is 0. The molecule has 0 saturated heterocycles. The van der Waals surface area contributed by atoms with Crippen molar-refractivity contribution in [2.24, 2.45) is 5.92 Å². The van der Waals surface area contributed by atoms with Crippen LogP contribution in [0.1, 0.15) is 36.0 Å². The van der Waals surface area contributed by atoms with Crippen LogP contribution in [0.3, 0.4) is 0 Å². The summed E-state index contributed by atoms with van der Waals surface area (Å²) in [5, 5.41) is 11.8. The second kappa shape index (κ2) is 6.27. The molecule has 20 heavy (non-hydrogen) atoms. The van der Waals surface area contributed by atoms with E-state index in [1.165, 1.54) is 24.5 Å². The number of hydrogen-bond acceptors (Lipinski definition) is 4. The molecule has 0 aromatic carbocycles. The minimum absolute atomic E-state index is 0.0608. The van der Waals surface area contributed by atoms with Crippen molar-refractivity contribution in [2.75, 3.05) is 0 Å². The Hall–Kier alpha value is -2.24. The first kappa shape index (κ1) is 14.2. The van der Waals surface area contributed by atoms with E-state index in [0.717, 1.165) is 0 Å². The highest BCUT2D eigenvalue weighted by Crippen LogP contribution is 2.24. The number of aliphatic carboxylic acids is 1. The lowest BCUT2D eigenvalue weighted by Crippen LogP contribution is -2.47. The van der Waals surface area contributed by atoms with E-state index in [1.54, 1.807) is 0 Å². The van der Waals surface area contributed by atoms with Gasteiger partial charge in [-0.1, -0.05) is 0 Å². The minimum Gasteiger partial charge on any atom is -0.480 e. The molecule has 1 saturated carbocycles. The van der Waals surface area contributed by atoms with Gasteiger partial charge in [-0.25, -0.2) is 4.79 Å². The van der Waals surface area contributed by atoms with Crippen LogP contribution in [0.15, 0.2) is 24.5 Å². The maximum Gasteiger partial charge on any atom is 0.326 e. The molecule has 1 aliphatic rings. The summed E-state index contributed by atoms with van der Waals surface area (Å²) in [6.07, 6.45) is 4.97. The molecule has 1 aliphatic carbocycles. The summed E-state index contributed by atoms with van der Waals surface area (Å²) in [4.78, 5) is 38.6. The number of carbonyl (C=O) groups is 3. The van der Waals surface area contributed by atoms with Gasteiger partial charge in [-0.05, 0) is 30.9 Å². The molecule has 0 radical (unpaired) electrons. The summed E-state index contributed by atoms with van der Waals surface area (Å²) in [6, 6.07) is 2.00. The number of aromatic nitrogens is 1. The Morgan fingerprint density at radius 3 is 2.65 bits per heavy atom. The molecule has 1 heterocycles. The number of nitrogens with one attached hydrogen (secondary N) is 1. The highest BCUT2D eigenvalue weighted by atomic mass is 16.4. The molecule has 1 aromatic rings. The number of hydrogen-bond donors (Lipinski definition) is 2. The third kappa shape index (κ3) is 3.40. The Balaban J connectivity index is 2.08. The zero-order valence-electron chi connectivity index (χ0n) is 10.9. The van der Waals surface area contributed by atoms with Crippen molar-refractivity contribution in [1.82, 2.24) is 10.3 Å². The number of Topliss-reactive ketones (excluding diaryl/α,β-unsaturated/α-hetero) is 1. The summed E-state index contributed by atoms with van der Waals surface area (Å²) in [5.41, 5.74) is 0.355. The highest BCUT2D eigenvalue weighted by Gasteiger charge is 2.33. The molecule has 1 amide bonds. The van der Waals surface area contributed by atoms with Gasteiger partial charge < -0.3 is 10.4 Å². The summed E-state index contributed by atoms with van der Waals surface area (Å²) < 4.78 is 0. The van der Waals surface area contributed by atoms with Crippen molar-refractivity contribution in [3.63, 3.8) is 0 Å². The Bertz CT molecular complexity index is 515. The third-order valence-electron chi connectivity index (χ3n) is 3.49. The summed E-state index contributed by atoms with van der Waals surface area (Å²) in [7, 11) is 0. The van der Waals surface area contributed by atoms with Gasteiger partial charge in [0.15, 0.2) is 0 Å². The van der Waals surface area contributed by atoms with Gasteiger partial charge >= 0.3 is 5.97 Å².